The minimum atomic E-state index is -0.663. The molecule has 0 rings (SSSR count). The first-order chi connectivity index (χ1) is 41.0. The summed E-state index contributed by atoms with van der Waals surface area (Å²) in [4.78, 5) is 24.7. The Labute approximate surface area is 521 Å². The van der Waals surface area contributed by atoms with Gasteiger partial charge < -0.3 is 20.3 Å². The Balaban J connectivity index is 3.34. The second-order valence-corrected chi connectivity index (χ2v) is 27.1. The molecule has 6 heteroatoms. The first-order valence-electron chi connectivity index (χ1n) is 38.8. The van der Waals surface area contributed by atoms with Gasteiger partial charge in [-0.25, -0.2) is 0 Å². The normalized spacial score (nSPS) is 12.4. The maximum Gasteiger partial charge on any atom is 0.305 e. The predicted octanol–water partition coefficient (Wildman–Crippen LogP) is 25.3. The van der Waals surface area contributed by atoms with E-state index in [2.05, 4.69) is 19.2 Å². The first-order valence-corrected chi connectivity index (χ1v) is 38.8. The van der Waals surface area contributed by atoms with Crippen LogP contribution in [0.25, 0.3) is 0 Å². The van der Waals surface area contributed by atoms with Gasteiger partial charge in [0.1, 0.15) is 0 Å². The highest BCUT2D eigenvalue weighted by atomic mass is 16.5. The lowest BCUT2D eigenvalue weighted by atomic mass is 10.0. The van der Waals surface area contributed by atoms with Gasteiger partial charge in [0.05, 0.1) is 25.4 Å². The Bertz CT molecular complexity index is 1210. The predicted molar refractivity (Wildman–Crippen MR) is 366 cm³/mol. The maximum absolute atomic E-state index is 12.6. The number of aliphatic hydroxyl groups excluding tert-OH is 2. The lowest BCUT2D eigenvalue weighted by molar-refractivity contribution is -0.143. The molecule has 1 amide bonds. The second kappa shape index (κ2) is 73.3. The molecule has 0 heterocycles. The van der Waals surface area contributed by atoms with Crippen molar-refractivity contribution in [3.63, 3.8) is 0 Å². The molecular weight excluding hydrogens is 1020 g/mol. The fraction of sp³-hybridized carbons (Fsp3) is 0.974. The summed E-state index contributed by atoms with van der Waals surface area (Å²) in [7, 11) is 0. The van der Waals surface area contributed by atoms with Gasteiger partial charge in [-0.15, -0.1) is 0 Å². The molecule has 0 saturated heterocycles. The molecule has 0 saturated carbocycles. The Morgan fingerprint density at radius 3 is 0.735 bits per heavy atom. The molecule has 0 aromatic rings. The van der Waals surface area contributed by atoms with Crippen LogP contribution >= 0.6 is 0 Å². The number of carbonyl (C=O) groups excluding carboxylic acids is 2. The van der Waals surface area contributed by atoms with Gasteiger partial charge in [-0.3, -0.25) is 9.59 Å². The molecule has 0 aliphatic rings. The molecule has 0 radical (unpaired) electrons. The van der Waals surface area contributed by atoms with Crippen LogP contribution in [0.5, 0.6) is 0 Å². The molecule has 0 aromatic heterocycles. The van der Waals surface area contributed by atoms with Gasteiger partial charge in [-0.2, -0.15) is 0 Å². The number of nitrogens with one attached hydrogen (secondary N) is 1. The minimum Gasteiger partial charge on any atom is -0.466 e. The highest BCUT2D eigenvalue weighted by Gasteiger charge is 2.20. The summed E-state index contributed by atoms with van der Waals surface area (Å²) in [6.45, 7) is 5.02. The van der Waals surface area contributed by atoms with E-state index in [1.807, 2.05) is 0 Å². The summed E-state index contributed by atoms with van der Waals surface area (Å²) in [5, 5.41) is 23.5. The molecule has 0 aliphatic heterocycles. The van der Waals surface area contributed by atoms with Crippen LogP contribution in [0.3, 0.4) is 0 Å². The van der Waals surface area contributed by atoms with Gasteiger partial charge >= 0.3 is 5.97 Å². The van der Waals surface area contributed by atoms with Crippen LogP contribution in [0.15, 0.2) is 0 Å². The summed E-state index contributed by atoms with van der Waals surface area (Å²) in [5.74, 6) is -0.00371. The average Bonchev–Trinajstić information content (AvgIpc) is 3.49. The van der Waals surface area contributed by atoms with E-state index in [0.717, 1.165) is 38.5 Å². The van der Waals surface area contributed by atoms with Crippen molar-refractivity contribution >= 4 is 11.9 Å². The number of hydrogen-bond acceptors (Lipinski definition) is 5. The van der Waals surface area contributed by atoms with Crippen molar-refractivity contribution in [2.24, 2.45) is 0 Å². The smallest absolute Gasteiger partial charge is 0.305 e. The van der Waals surface area contributed by atoms with E-state index in [4.69, 9.17) is 4.74 Å². The van der Waals surface area contributed by atoms with Gasteiger partial charge in [0.25, 0.3) is 0 Å². The van der Waals surface area contributed by atoms with Crippen LogP contribution in [0.2, 0.25) is 0 Å². The molecule has 3 N–H and O–H groups in total. The molecule has 0 bridgehead atoms. The lowest BCUT2D eigenvalue weighted by Crippen LogP contribution is -2.45. The highest BCUT2D eigenvalue weighted by molar-refractivity contribution is 5.76. The zero-order chi connectivity index (χ0) is 59.9. The molecule has 0 aliphatic carbocycles. The molecule has 2 atom stereocenters. The molecule has 0 aromatic carbocycles. The number of unbranched alkanes of at least 4 members (excludes halogenated alkanes) is 63. The molecular formula is C77H153NO5. The van der Waals surface area contributed by atoms with Crippen LogP contribution in [0.1, 0.15) is 457 Å². The van der Waals surface area contributed by atoms with E-state index in [-0.39, 0.29) is 18.5 Å². The largest absolute Gasteiger partial charge is 0.466 e. The van der Waals surface area contributed by atoms with Crippen molar-refractivity contribution in [2.45, 2.75) is 469 Å². The van der Waals surface area contributed by atoms with E-state index < -0.39 is 12.1 Å². The molecule has 2 unspecified atom stereocenters. The van der Waals surface area contributed by atoms with E-state index in [9.17, 15) is 19.8 Å². The lowest BCUT2D eigenvalue weighted by Gasteiger charge is -2.22. The summed E-state index contributed by atoms with van der Waals surface area (Å²) in [6, 6.07) is -0.540. The van der Waals surface area contributed by atoms with Crippen molar-refractivity contribution < 1.29 is 24.5 Å². The summed E-state index contributed by atoms with van der Waals surface area (Å²) in [6.07, 6.45) is 90.4. The van der Waals surface area contributed by atoms with Crippen LogP contribution in [-0.2, 0) is 14.3 Å². The molecule has 6 nitrogen and oxygen atoms in total. The zero-order valence-corrected chi connectivity index (χ0v) is 57.0. The van der Waals surface area contributed by atoms with Gasteiger partial charge in [0.2, 0.25) is 5.91 Å². The van der Waals surface area contributed by atoms with E-state index in [1.54, 1.807) is 0 Å². The van der Waals surface area contributed by atoms with Crippen molar-refractivity contribution in [1.82, 2.24) is 5.32 Å². The summed E-state index contributed by atoms with van der Waals surface area (Å²) < 4.78 is 5.51. The van der Waals surface area contributed by atoms with E-state index in [0.29, 0.717) is 25.9 Å². The maximum atomic E-state index is 12.6. The fourth-order valence-electron chi connectivity index (χ4n) is 12.8. The van der Waals surface area contributed by atoms with Crippen LogP contribution < -0.4 is 5.32 Å². The number of ether oxygens (including phenoxy) is 1. The minimum absolute atomic E-state index is 0.0225. The SMILES string of the molecule is CCCCCCCCCCCCCCCCCCCCCCCCCCC(O)C(CO)NC(=O)CCCCCCCCCCCCCCCCCCCCCCCCCCCCOC(=O)CCCCCCCCCCCCCCCCCC. The van der Waals surface area contributed by atoms with Crippen molar-refractivity contribution in [3.05, 3.63) is 0 Å². The summed E-state index contributed by atoms with van der Waals surface area (Å²) >= 11 is 0. The Kier molecular flexibility index (Phi) is 72.3. The van der Waals surface area contributed by atoms with Crippen LogP contribution in [0.4, 0.5) is 0 Å². The van der Waals surface area contributed by atoms with Crippen LogP contribution in [0, 0.1) is 0 Å². The molecule has 83 heavy (non-hydrogen) atoms. The molecule has 496 valence electrons. The zero-order valence-electron chi connectivity index (χ0n) is 57.0. The number of rotatable bonds is 74. The fourth-order valence-corrected chi connectivity index (χ4v) is 12.8. The van der Waals surface area contributed by atoms with Gasteiger partial charge in [-0.05, 0) is 25.7 Å². The number of amides is 1. The number of carbonyl (C=O) groups is 2. The third-order valence-electron chi connectivity index (χ3n) is 18.7. The Morgan fingerprint density at radius 2 is 0.494 bits per heavy atom. The number of hydrogen-bond donors (Lipinski definition) is 3. The summed E-state index contributed by atoms with van der Waals surface area (Å²) in [5.41, 5.74) is 0. The van der Waals surface area contributed by atoms with Gasteiger partial charge in [-0.1, -0.05) is 418 Å². The van der Waals surface area contributed by atoms with Crippen molar-refractivity contribution in [2.75, 3.05) is 13.2 Å². The molecule has 0 fully saturated rings. The highest BCUT2D eigenvalue weighted by Crippen LogP contribution is 2.20. The number of esters is 1. The third kappa shape index (κ3) is 69.8. The van der Waals surface area contributed by atoms with Crippen molar-refractivity contribution in [3.8, 4) is 0 Å². The van der Waals surface area contributed by atoms with E-state index in [1.165, 1.54) is 385 Å². The monoisotopic (exact) mass is 1170 g/mol. The second-order valence-electron chi connectivity index (χ2n) is 27.1. The quantitative estimate of drug-likeness (QED) is 0.0417. The average molecular weight is 1170 g/mol. The van der Waals surface area contributed by atoms with Gasteiger partial charge in [0, 0.05) is 12.8 Å². The number of aliphatic hydroxyl groups is 2. The van der Waals surface area contributed by atoms with Gasteiger partial charge in [0.15, 0.2) is 0 Å². The van der Waals surface area contributed by atoms with Crippen LogP contribution in [-0.4, -0.2) is 47.4 Å². The third-order valence-corrected chi connectivity index (χ3v) is 18.7. The Hall–Kier alpha value is -1.14. The molecule has 0 spiro atoms. The Morgan fingerprint density at radius 1 is 0.289 bits per heavy atom. The first kappa shape index (κ1) is 81.9. The van der Waals surface area contributed by atoms with Crippen molar-refractivity contribution in [1.29, 1.82) is 0 Å². The topological polar surface area (TPSA) is 95.9 Å². The van der Waals surface area contributed by atoms with E-state index >= 15 is 0 Å². The standard InChI is InChI=1S/C77H153NO5/c1-3-5-7-9-11-13-15-17-19-21-22-23-24-29-32-35-38-41-45-49-53-57-61-65-69-75(80)74(73-79)78-76(81)70-66-62-58-54-50-46-42-39-36-33-30-27-25-26-28-31-34-37-40-44-48-52-56-60-64-68-72-83-77(82)71-67-63-59-55-51-47-43-20-18-16-14-12-10-8-6-4-2/h74-75,79-80H,3-73H2,1-2H3,(H,78,81).